The zero-order valence-corrected chi connectivity index (χ0v) is 33.4. The van der Waals surface area contributed by atoms with E-state index in [0.717, 1.165) is 51.4 Å². The molecule has 0 saturated heterocycles. The summed E-state index contributed by atoms with van der Waals surface area (Å²) >= 11 is 0. The van der Waals surface area contributed by atoms with Crippen molar-refractivity contribution in [2.75, 3.05) is 26.9 Å². The van der Waals surface area contributed by atoms with Crippen LogP contribution in [0.2, 0.25) is 0 Å². The van der Waals surface area contributed by atoms with Gasteiger partial charge in [0.05, 0.1) is 19.1 Å². The van der Waals surface area contributed by atoms with Gasteiger partial charge in [-0.3, -0.25) is 23.2 Å². The van der Waals surface area contributed by atoms with E-state index in [1.807, 2.05) is 6.92 Å². The Hall–Kier alpha value is -1.21. The van der Waals surface area contributed by atoms with Gasteiger partial charge < -0.3 is 9.47 Å². The average Bonchev–Trinajstić information content (AvgIpc) is 3.09. The Morgan fingerprint density at radius 3 is 1.57 bits per heavy atom. The predicted octanol–water partition coefficient (Wildman–Crippen LogP) is 12.6. The van der Waals surface area contributed by atoms with Crippen LogP contribution in [-0.4, -0.2) is 45.0 Å². The quantitative estimate of drug-likeness (QED) is 0.0271. The van der Waals surface area contributed by atoms with Gasteiger partial charge in [0.25, 0.3) is 0 Å². The summed E-state index contributed by atoms with van der Waals surface area (Å²) in [6.45, 7) is 7.76. The van der Waals surface area contributed by atoms with Crippen molar-refractivity contribution in [3.8, 4) is 0 Å². The van der Waals surface area contributed by atoms with Crippen molar-refractivity contribution in [3.05, 3.63) is 12.2 Å². The largest absolute Gasteiger partial charge is 0.474 e. The van der Waals surface area contributed by atoms with Crippen LogP contribution in [0.15, 0.2) is 12.2 Å². The number of phosphoric ester groups is 1. The maximum absolute atomic E-state index is 12.7. The number of carbonyl (C=O) groups excluding carboxylic acids is 2. The first-order valence-electron chi connectivity index (χ1n) is 20.3. The fraction of sp³-hybridized carbons (Fsp3) is 0.900. The molecule has 0 spiro atoms. The Labute approximate surface area is 302 Å². The van der Waals surface area contributed by atoms with Gasteiger partial charge in [0, 0.05) is 13.5 Å². The lowest BCUT2D eigenvalue weighted by Crippen LogP contribution is -2.30. The monoisotopic (exact) mass is 717 g/mol. The standard InChI is InChI=1S/C40H77O8P/c1-6-9-11-13-15-17-19-20-21-22-24-26-28-30-32-34-39(41)48-38(36-47-49(43,44-5)46-8-3)35-45-40(42)37(4)33-31-29-27-25-23-18-16-14-12-10-7-2/h20-21,37-38H,6-19,22-36H2,1-5H3/b21-20-. The number of unbranched alkanes of at least 4 members (excludes halogenated alkanes) is 21. The van der Waals surface area contributed by atoms with Crippen LogP contribution in [0, 0.1) is 5.92 Å². The van der Waals surface area contributed by atoms with Crippen LogP contribution < -0.4 is 0 Å². The molecule has 0 aromatic heterocycles. The second-order valence-corrected chi connectivity index (χ2v) is 15.4. The Morgan fingerprint density at radius 2 is 1.08 bits per heavy atom. The number of allylic oxidation sites excluding steroid dienone is 2. The average molecular weight is 717 g/mol. The zero-order valence-electron chi connectivity index (χ0n) is 32.5. The summed E-state index contributed by atoms with van der Waals surface area (Å²) in [6, 6.07) is 0. The first-order valence-corrected chi connectivity index (χ1v) is 21.7. The lowest BCUT2D eigenvalue weighted by Gasteiger charge is -2.21. The molecule has 0 aliphatic heterocycles. The van der Waals surface area contributed by atoms with Crippen LogP contribution in [0.25, 0.3) is 0 Å². The molecule has 49 heavy (non-hydrogen) atoms. The lowest BCUT2D eigenvalue weighted by atomic mass is 10.0. The smallest absolute Gasteiger partial charge is 0.461 e. The molecule has 0 aromatic carbocycles. The summed E-state index contributed by atoms with van der Waals surface area (Å²) in [5.41, 5.74) is 0. The third kappa shape index (κ3) is 31.3. The summed E-state index contributed by atoms with van der Waals surface area (Å²) in [4.78, 5) is 25.4. The molecular formula is C40H77O8P. The summed E-state index contributed by atoms with van der Waals surface area (Å²) < 4.78 is 39.2. The van der Waals surface area contributed by atoms with E-state index in [9.17, 15) is 14.2 Å². The third-order valence-electron chi connectivity index (χ3n) is 8.92. The Balaban J connectivity index is 4.36. The maximum atomic E-state index is 12.7. The highest BCUT2D eigenvalue weighted by Gasteiger charge is 2.28. The summed E-state index contributed by atoms with van der Waals surface area (Å²) in [7, 11) is -2.55. The molecule has 0 radical (unpaired) electrons. The number of phosphoric acid groups is 1. The van der Waals surface area contributed by atoms with Gasteiger partial charge in [-0.05, 0) is 45.4 Å². The minimum Gasteiger partial charge on any atom is -0.461 e. The van der Waals surface area contributed by atoms with Gasteiger partial charge in [-0.15, -0.1) is 0 Å². The predicted molar refractivity (Wildman–Crippen MR) is 203 cm³/mol. The lowest BCUT2D eigenvalue weighted by molar-refractivity contribution is -0.163. The van der Waals surface area contributed by atoms with Crippen molar-refractivity contribution >= 4 is 19.8 Å². The molecule has 9 heteroatoms. The highest BCUT2D eigenvalue weighted by molar-refractivity contribution is 7.48. The molecule has 0 aliphatic carbocycles. The van der Waals surface area contributed by atoms with Crippen LogP contribution in [0.3, 0.4) is 0 Å². The Bertz CT molecular complexity index is 833. The van der Waals surface area contributed by atoms with Crippen LogP contribution in [0.4, 0.5) is 0 Å². The fourth-order valence-electron chi connectivity index (χ4n) is 5.73. The molecule has 0 amide bonds. The number of esters is 2. The molecular weight excluding hydrogens is 639 g/mol. The van der Waals surface area contributed by atoms with Crippen LogP contribution >= 0.6 is 7.82 Å². The number of ether oxygens (including phenoxy) is 2. The molecule has 0 fully saturated rings. The first-order chi connectivity index (χ1) is 23.8. The Kier molecular flexibility index (Phi) is 34.3. The van der Waals surface area contributed by atoms with E-state index >= 15 is 0 Å². The molecule has 0 saturated carbocycles. The van der Waals surface area contributed by atoms with E-state index in [2.05, 4.69) is 26.0 Å². The number of rotatable bonds is 37. The number of carbonyl (C=O) groups is 2. The molecule has 0 rings (SSSR count). The minimum absolute atomic E-state index is 0.136. The van der Waals surface area contributed by atoms with Gasteiger partial charge in [0.1, 0.15) is 6.61 Å². The third-order valence-corrected chi connectivity index (χ3v) is 10.4. The molecule has 8 nitrogen and oxygen atoms in total. The molecule has 0 heterocycles. The first kappa shape index (κ1) is 47.8. The molecule has 0 N–H and O–H groups in total. The summed E-state index contributed by atoms with van der Waals surface area (Å²) in [5, 5.41) is 0. The van der Waals surface area contributed by atoms with Crippen molar-refractivity contribution in [2.45, 2.75) is 201 Å². The molecule has 0 bridgehead atoms. The van der Waals surface area contributed by atoms with E-state index in [1.165, 1.54) is 116 Å². The van der Waals surface area contributed by atoms with Crippen molar-refractivity contribution in [1.82, 2.24) is 0 Å². The topological polar surface area (TPSA) is 97.4 Å². The molecule has 3 unspecified atom stereocenters. The second-order valence-electron chi connectivity index (χ2n) is 13.6. The molecule has 3 atom stereocenters. The number of hydrogen-bond acceptors (Lipinski definition) is 8. The van der Waals surface area contributed by atoms with E-state index in [1.54, 1.807) is 6.92 Å². The van der Waals surface area contributed by atoms with Gasteiger partial charge >= 0.3 is 19.8 Å². The fourth-order valence-corrected chi connectivity index (χ4v) is 6.68. The van der Waals surface area contributed by atoms with Gasteiger partial charge in [-0.25, -0.2) is 4.57 Å². The maximum Gasteiger partial charge on any atom is 0.474 e. The van der Waals surface area contributed by atoms with Crippen molar-refractivity contribution < 1.29 is 37.2 Å². The van der Waals surface area contributed by atoms with E-state index in [-0.39, 0.29) is 44.1 Å². The summed E-state index contributed by atoms with van der Waals surface area (Å²) in [6.07, 6.45) is 34.0. The van der Waals surface area contributed by atoms with Gasteiger partial charge in [0.2, 0.25) is 0 Å². The normalized spacial score (nSPS) is 14.1. The van der Waals surface area contributed by atoms with Gasteiger partial charge in [-0.1, -0.05) is 155 Å². The second kappa shape index (κ2) is 35.2. The summed E-state index contributed by atoms with van der Waals surface area (Å²) in [5.74, 6) is -0.967. The van der Waals surface area contributed by atoms with Crippen molar-refractivity contribution in [2.24, 2.45) is 5.92 Å². The highest BCUT2D eigenvalue weighted by Crippen LogP contribution is 2.48. The van der Waals surface area contributed by atoms with E-state index < -0.39 is 13.9 Å². The van der Waals surface area contributed by atoms with Crippen LogP contribution in [0.5, 0.6) is 0 Å². The highest BCUT2D eigenvalue weighted by atomic mass is 31.2. The van der Waals surface area contributed by atoms with Crippen molar-refractivity contribution in [1.29, 1.82) is 0 Å². The SMILES string of the molecule is CCCCCCCC/C=C\CCCCCCCC(=O)OC(COC(=O)C(C)CCCCCCCCCCCCC)COP(=O)(OC)OCC. The minimum atomic E-state index is -3.79. The molecule has 0 aromatic rings. The van der Waals surface area contributed by atoms with E-state index in [0.29, 0.717) is 0 Å². The van der Waals surface area contributed by atoms with Gasteiger partial charge in [-0.2, -0.15) is 0 Å². The van der Waals surface area contributed by atoms with Crippen LogP contribution in [-0.2, 0) is 37.2 Å². The van der Waals surface area contributed by atoms with Crippen molar-refractivity contribution in [3.63, 3.8) is 0 Å². The molecule has 290 valence electrons. The van der Waals surface area contributed by atoms with Gasteiger partial charge in [0.15, 0.2) is 6.10 Å². The zero-order chi connectivity index (χ0) is 36.3. The van der Waals surface area contributed by atoms with Crippen LogP contribution in [0.1, 0.15) is 195 Å². The van der Waals surface area contributed by atoms with E-state index in [4.69, 9.17) is 23.0 Å². The number of hydrogen-bond donors (Lipinski definition) is 0. The Morgan fingerprint density at radius 1 is 0.612 bits per heavy atom. The molecule has 0 aliphatic rings.